The molecule has 2 fully saturated rings. The number of hydrogen-bond donors (Lipinski definition) is 2. The lowest BCUT2D eigenvalue weighted by atomic mass is 9.73. The predicted octanol–water partition coefficient (Wildman–Crippen LogP) is 0.977. The maximum Gasteiger partial charge on any atom is 0.0936 e. The van der Waals surface area contributed by atoms with E-state index in [9.17, 15) is 5.11 Å². The topological polar surface area (TPSA) is 58.7 Å². The van der Waals surface area contributed by atoms with Crippen molar-refractivity contribution < 1.29 is 9.84 Å². The van der Waals surface area contributed by atoms with Crippen molar-refractivity contribution in [2.24, 2.45) is 11.1 Å². The number of morpholine rings is 1. The van der Waals surface area contributed by atoms with Gasteiger partial charge in [0, 0.05) is 19.6 Å². The van der Waals surface area contributed by atoms with Crippen molar-refractivity contribution in [3.63, 3.8) is 0 Å². The molecule has 2 rings (SSSR count). The van der Waals surface area contributed by atoms with Crippen molar-refractivity contribution in [3.05, 3.63) is 0 Å². The molecule has 1 saturated carbocycles. The molecule has 1 saturated heterocycles. The highest BCUT2D eigenvalue weighted by atomic mass is 16.5. The van der Waals surface area contributed by atoms with E-state index in [-0.39, 0.29) is 18.8 Å². The average Bonchev–Trinajstić information content (AvgIpc) is 2.39. The van der Waals surface area contributed by atoms with E-state index in [0.717, 1.165) is 26.2 Å². The van der Waals surface area contributed by atoms with Crippen molar-refractivity contribution in [2.45, 2.75) is 51.2 Å². The third-order valence-corrected chi connectivity index (χ3v) is 4.51. The molecule has 0 spiro atoms. The molecular formula is C14H28N2O2. The van der Waals surface area contributed by atoms with Crippen LogP contribution in [-0.2, 0) is 4.74 Å². The van der Waals surface area contributed by atoms with E-state index in [1.54, 1.807) is 0 Å². The maximum absolute atomic E-state index is 9.28. The molecule has 0 aromatic heterocycles. The molecule has 0 aromatic rings. The molecule has 0 radical (unpaired) electrons. The zero-order valence-electron chi connectivity index (χ0n) is 11.6. The van der Waals surface area contributed by atoms with E-state index in [2.05, 4.69) is 11.8 Å². The lowest BCUT2D eigenvalue weighted by Crippen LogP contribution is -2.53. The number of nitrogens with two attached hydrogens (primary N) is 1. The molecule has 0 amide bonds. The Bertz CT molecular complexity index is 254. The second-order valence-electron chi connectivity index (χ2n) is 6.21. The van der Waals surface area contributed by atoms with Crippen LogP contribution in [0.3, 0.4) is 0 Å². The smallest absolute Gasteiger partial charge is 0.0936 e. The molecule has 4 heteroatoms. The number of aliphatic hydroxyl groups excluding tert-OH is 1. The summed E-state index contributed by atoms with van der Waals surface area (Å²) in [5.74, 6) is 0. The molecule has 1 heterocycles. The Labute approximate surface area is 110 Å². The second-order valence-corrected chi connectivity index (χ2v) is 6.21. The van der Waals surface area contributed by atoms with Crippen molar-refractivity contribution in [1.82, 2.24) is 4.90 Å². The van der Waals surface area contributed by atoms with Crippen LogP contribution in [0.5, 0.6) is 0 Å². The molecule has 106 valence electrons. The van der Waals surface area contributed by atoms with Crippen LogP contribution in [0.2, 0.25) is 0 Å². The van der Waals surface area contributed by atoms with Gasteiger partial charge in [-0.2, -0.15) is 0 Å². The summed E-state index contributed by atoms with van der Waals surface area (Å²) in [6.07, 6.45) is 6.72. The first kappa shape index (κ1) is 14.3. The van der Waals surface area contributed by atoms with Gasteiger partial charge in [0.25, 0.3) is 0 Å². The fraction of sp³-hybridized carbons (Fsp3) is 1.00. The highest BCUT2D eigenvalue weighted by molar-refractivity contribution is 4.89. The molecule has 2 atom stereocenters. The molecule has 0 bridgehead atoms. The molecule has 3 N–H and O–H groups in total. The van der Waals surface area contributed by atoms with E-state index in [0.29, 0.717) is 5.41 Å². The van der Waals surface area contributed by atoms with Crippen LogP contribution in [0, 0.1) is 5.41 Å². The summed E-state index contributed by atoms with van der Waals surface area (Å²) in [5.41, 5.74) is 6.36. The van der Waals surface area contributed by atoms with E-state index < -0.39 is 0 Å². The maximum atomic E-state index is 9.28. The number of ether oxygens (including phenoxy) is 1. The van der Waals surface area contributed by atoms with Crippen molar-refractivity contribution in [1.29, 1.82) is 0 Å². The van der Waals surface area contributed by atoms with Gasteiger partial charge in [0.1, 0.15) is 0 Å². The number of hydrogen-bond acceptors (Lipinski definition) is 4. The van der Waals surface area contributed by atoms with Crippen LogP contribution in [0.1, 0.15) is 39.0 Å². The Morgan fingerprint density at radius 3 is 2.61 bits per heavy atom. The van der Waals surface area contributed by atoms with Gasteiger partial charge in [0.2, 0.25) is 0 Å². The largest absolute Gasteiger partial charge is 0.394 e. The monoisotopic (exact) mass is 256 g/mol. The van der Waals surface area contributed by atoms with Gasteiger partial charge in [-0.3, -0.25) is 4.90 Å². The number of aliphatic hydroxyl groups is 1. The molecule has 0 aromatic carbocycles. The van der Waals surface area contributed by atoms with Crippen molar-refractivity contribution in [2.75, 3.05) is 32.8 Å². The van der Waals surface area contributed by atoms with Crippen LogP contribution in [0.25, 0.3) is 0 Å². The Morgan fingerprint density at radius 2 is 2.00 bits per heavy atom. The third kappa shape index (κ3) is 3.44. The summed E-state index contributed by atoms with van der Waals surface area (Å²) < 4.78 is 5.70. The third-order valence-electron chi connectivity index (χ3n) is 4.51. The van der Waals surface area contributed by atoms with Gasteiger partial charge >= 0.3 is 0 Å². The van der Waals surface area contributed by atoms with Crippen LogP contribution in [0.15, 0.2) is 0 Å². The van der Waals surface area contributed by atoms with Crippen LogP contribution < -0.4 is 5.73 Å². The van der Waals surface area contributed by atoms with Crippen LogP contribution in [-0.4, -0.2) is 55.0 Å². The highest BCUT2D eigenvalue weighted by Gasteiger charge is 2.35. The zero-order valence-corrected chi connectivity index (χ0v) is 11.6. The predicted molar refractivity (Wildman–Crippen MR) is 72.4 cm³/mol. The molecule has 2 unspecified atom stereocenters. The summed E-state index contributed by atoms with van der Waals surface area (Å²) >= 11 is 0. The fourth-order valence-electron chi connectivity index (χ4n) is 3.57. The fourth-order valence-corrected chi connectivity index (χ4v) is 3.57. The second kappa shape index (κ2) is 6.33. The van der Waals surface area contributed by atoms with Gasteiger partial charge in [0.15, 0.2) is 0 Å². The van der Waals surface area contributed by atoms with Gasteiger partial charge in [-0.25, -0.2) is 0 Å². The summed E-state index contributed by atoms with van der Waals surface area (Å²) in [4.78, 5) is 2.45. The van der Waals surface area contributed by atoms with Gasteiger partial charge in [-0.15, -0.1) is 0 Å². The minimum absolute atomic E-state index is 0.0211. The van der Waals surface area contributed by atoms with Crippen LogP contribution >= 0.6 is 0 Å². The van der Waals surface area contributed by atoms with E-state index in [1.165, 1.54) is 32.1 Å². The average molecular weight is 256 g/mol. The molecule has 2 aliphatic rings. The molecule has 1 aliphatic carbocycles. The summed E-state index contributed by atoms with van der Waals surface area (Å²) in [6, 6.07) is 0. The molecule has 1 aliphatic heterocycles. The van der Waals surface area contributed by atoms with Gasteiger partial charge in [0.05, 0.1) is 18.8 Å². The summed E-state index contributed by atoms with van der Waals surface area (Å²) in [5, 5.41) is 9.28. The Kier molecular flexibility index (Phi) is 5.01. The summed E-state index contributed by atoms with van der Waals surface area (Å²) in [7, 11) is 0. The lowest BCUT2D eigenvalue weighted by molar-refractivity contribution is -0.104. The number of rotatable bonds is 4. The molecule has 18 heavy (non-hydrogen) atoms. The summed E-state index contributed by atoms with van der Waals surface area (Å²) in [6.45, 7) is 5.90. The first-order valence-electron chi connectivity index (χ1n) is 7.36. The molecule has 4 nitrogen and oxygen atoms in total. The Balaban J connectivity index is 1.93. The minimum Gasteiger partial charge on any atom is -0.394 e. The van der Waals surface area contributed by atoms with Gasteiger partial charge < -0.3 is 15.6 Å². The van der Waals surface area contributed by atoms with E-state index in [1.807, 2.05) is 0 Å². The SMILES string of the molecule is CC1CN(CC2(CN)CCCCC2)CC(CO)O1. The van der Waals surface area contributed by atoms with Crippen LogP contribution in [0.4, 0.5) is 0 Å². The zero-order chi connectivity index (χ0) is 13.0. The Hall–Kier alpha value is -0.160. The highest BCUT2D eigenvalue weighted by Crippen LogP contribution is 2.36. The number of nitrogens with zero attached hydrogens (tertiary/aromatic N) is 1. The normalized spacial score (nSPS) is 33.5. The first-order chi connectivity index (χ1) is 8.67. The van der Waals surface area contributed by atoms with E-state index >= 15 is 0 Å². The van der Waals surface area contributed by atoms with Crippen molar-refractivity contribution >= 4 is 0 Å². The first-order valence-corrected chi connectivity index (χ1v) is 7.36. The van der Waals surface area contributed by atoms with E-state index in [4.69, 9.17) is 10.5 Å². The molecular weight excluding hydrogens is 228 g/mol. The lowest BCUT2D eigenvalue weighted by Gasteiger charge is -2.44. The quantitative estimate of drug-likeness (QED) is 0.787. The minimum atomic E-state index is -0.0211. The van der Waals surface area contributed by atoms with Crippen molar-refractivity contribution in [3.8, 4) is 0 Å². The van der Waals surface area contributed by atoms with Gasteiger partial charge in [-0.05, 0) is 31.7 Å². The van der Waals surface area contributed by atoms with Gasteiger partial charge in [-0.1, -0.05) is 19.3 Å². The standard InChI is InChI=1S/C14H28N2O2/c1-12-7-16(8-13(9-17)18-12)11-14(10-15)5-3-2-4-6-14/h12-13,17H,2-11,15H2,1H3. The Morgan fingerprint density at radius 1 is 1.28 bits per heavy atom.